The van der Waals surface area contributed by atoms with Gasteiger partial charge < -0.3 is 5.32 Å². The summed E-state index contributed by atoms with van der Waals surface area (Å²) in [4.78, 5) is 28.5. The number of hydrazine groups is 1. The highest BCUT2D eigenvalue weighted by Gasteiger charge is 2.39. The Balaban J connectivity index is 1.80. The van der Waals surface area contributed by atoms with Crippen LogP contribution < -0.4 is 16.1 Å². The van der Waals surface area contributed by atoms with E-state index in [1.807, 2.05) is 13.8 Å². The van der Waals surface area contributed by atoms with E-state index in [1.165, 1.54) is 29.3 Å². The molecule has 0 spiro atoms. The van der Waals surface area contributed by atoms with Crippen LogP contribution in [0.2, 0.25) is 0 Å². The van der Waals surface area contributed by atoms with Crippen LogP contribution in [0.1, 0.15) is 20.3 Å². The zero-order chi connectivity index (χ0) is 16.6. The van der Waals surface area contributed by atoms with Crippen molar-refractivity contribution in [1.29, 1.82) is 0 Å². The summed E-state index contributed by atoms with van der Waals surface area (Å²) < 4.78 is 12.9. The molecule has 0 radical (unpaired) electrons. The Labute approximate surface area is 132 Å². The lowest BCUT2D eigenvalue weighted by molar-refractivity contribution is -0.129. The summed E-state index contributed by atoms with van der Waals surface area (Å²) in [5.41, 5.74) is 4.40. The van der Waals surface area contributed by atoms with Gasteiger partial charge in [-0.2, -0.15) is 4.99 Å². The summed E-state index contributed by atoms with van der Waals surface area (Å²) in [6, 6.07) is 4.69. The van der Waals surface area contributed by atoms with Gasteiger partial charge in [-0.05, 0) is 43.7 Å². The predicted octanol–water partition coefficient (Wildman–Crippen LogP) is 1.08. The molecule has 8 heteroatoms. The van der Waals surface area contributed by atoms with Gasteiger partial charge in [-0.15, -0.1) is 0 Å². The zero-order valence-corrected chi connectivity index (χ0v) is 12.7. The first kappa shape index (κ1) is 15.0. The van der Waals surface area contributed by atoms with E-state index in [-0.39, 0.29) is 24.1 Å². The summed E-state index contributed by atoms with van der Waals surface area (Å²) in [6.45, 7) is 3.75. The monoisotopic (exact) mass is 317 g/mol. The number of hydrogen-bond acceptors (Lipinski definition) is 5. The normalized spacial score (nSPS) is 19.5. The Bertz CT molecular complexity index is 722. The predicted molar refractivity (Wildman–Crippen MR) is 82.4 cm³/mol. The summed E-state index contributed by atoms with van der Waals surface area (Å²) in [5, 5.41) is 6.84. The van der Waals surface area contributed by atoms with Gasteiger partial charge in [0.2, 0.25) is 17.8 Å². The Hall–Kier alpha value is -2.90. The number of carbonyl (C=O) groups is 2. The van der Waals surface area contributed by atoms with Crippen molar-refractivity contribution in [3.8, 4) is 0 Å². The second kappa shape index (κ2) is 5.71. The number of amides is 2. The molecule has 120 valence electrons. The van der Waals surface area contributed by atoms with Gasteiger partial charge in [-0.1, -0.05) is 0 Å². The molecule has 0 unspecified atom stereocenters. The number of guanidine groups is 1. The number of allylic oxidation sites excluding steroid dienone is 1. The van der Waals surface area contributed by atoms with Gasteiger partial charge in [-0.3, -0.25) is 20.3 Å². The van der Waals surface area contributed by atoms with Crippen LogP contribution in [0.5, 0.6) is 0 Å². The largest absolute Gasteiger partial charge is 0.324 e. The Kier molecular flexibility index (Phi) is 3.73. The molecule has 1 atom stereocenters. The molecule has 0 aliphatic carbocycles. The zero-order valence-electron chi connectivity index (χ0n) is 12.7. The SMILES string of the molecule is CC(C)=C1N=C2NC(=O)C[C@H](C(=O)Nc3ccc(F)cc3)N2N1. The van der Waals surface area contributed by atoms with Crippen LogP contribution in [0, 0.1) is 5.82 Å². The van der Waals surface area contributed by atoms with Crippen molar-refractivity contribution in [2.75, 3.05) is 5.32 Å². The molecule has 3 rings (SSSR count). The van der Waals surface area contributed by atoms with Crippen LogP contribution in [0.4, 0.5) is 10.1 Å². The van der Waals surface area contributed by atoms with Crippen molar-refractivity contribution in [2.24, 2.45) is 4.99 Å². The molecule has 2 heterocycles. The molecule has 3 N–H and O–H groups in total. The molecule has 2 aliphatic heterocycles. The maximum Gasteiger partial charge on any atom is 0.249 e. The number of nitrogens with one attached hydrogen (secondary N) is 3. The van der Waals surface area contributed by atoms with Gasteiger partial charge >= 0.3 is 0 Å². The maximum atomic E-state index is 12.9. The Morgan fingerprint density at radius 1 is 1.35 bits per heavy atom. The topological polar surface area (TPSA) is 85.8 Å². The van der Waals surface area contributed by atoms with Crippen LogP contribution in [0.3, 0.4) is 0 Å². The molecular formula is C15H16FN5O2. The average Bonchev–Trinajstić information content (AvgIpc) is 2.92. The molecule has 1 aromatic rings. The van der Waals surface area contributed by atoms with E-state index in [0.717, 1.165) is 5.57 Å². The van der Waals surface area contributed by atoms with Gasteiger partial charge in [0, 0.05) is 5.69 Å². The molecular weight excluding hydrogens is 301 g/mol. The van der Waals surface area contributed by atoms with Gasteiger partial charge in [-0.25, -0.2) is 9.40 Å². The minimum absolute atomic E-state index is 0.00487. The van der Waals surface area contributed by atoms with Gasteiger partial charge in [0.1, 0.15) is 17.7 Å². The summed E-state index contributed by atoms with van der Waals surface area (Å²) in [5.74, 6) is -0.139. The number of hydrogen-bond donors (Lipinski definition) is 3. The third kappa shape index (κ3) is 3.01. The van der Waals surface area contributed by atoms with Gasteiger partial charge in [0.15, 0.2) is 0 Å². The highest BCUT2D eigenvalue weighted by molar-refractivity contribution is 6.07. The molecule has 7 nitrogen and oxygen atoms in total. The fourth-order valence-electron chi connectivity index (χ4n) is 2.30. The molecule has 0 saturated carbocycles. The number of nitrogens with zero attached hydrogens (tertiary/aromatic N) is 2. The molecule has 1 aromatic carbocycles. The summed E-state index contributed by atoms with van der Waals surface area (Å²) >= 11 is 0. The van der Waals surface area contributed by atoms with Crippen LogP contribution in [-0.4, -0.2) is 28.8 Å². The van der Waals surface area contributed by atoms with Crippen LogP contribution in [0.25, 0.3) is 0 Å². The van der Waals surface area contributed by atoms with E-state index < -0.39 is 6.04 Å². The fourth-order valence-corrected chi connectivity index (χ4v) is 2.30. The van der Waals surface area contributed by atoms with E-state index in [0.29, 0.717) is 17.5 Å². The molecule has 23 heavy (non-hydrogen) atoms. The van der Waals surface area contributed by atoms with E-state index in [4.69, 9.17) is 0 Å². The van der Waals surface area contributed by atoms with Gasteiger partial charge in [0.25, 0.3) is 0 Å². The fraction of sp³-hybridized carbons (Fsp3) is 0.267. The van der Waals surface area contributed by atoms with Crippen LogP contribution >= 0.6 is 0 Å². The Morgan fingerprint density at radius 2 is 2.04 bits per heavy atom. The second-order valence-corrected chi connectivity index (χ2v) is 5.53. The smallest absolute Gasteiger partial charge is 0.249 e. The highest BCUT2D eigenvalue weighted by Crippen LogP contribution is 2.19. The third-order valence-electron chi connectivity index (χ3n) is 3.50. The number of halogens is 1. The van der Waals surface area contributed by atoms with E-state index >= 15 is 0 Å². The number of aliphatic imine (C=N–C) groups is 1. The summed E-state index contributed by atoms with van der Waals surface area (Å²) in [6.07, 6.45) is -0.00487. The first-order valence-electron chi connectivity index (χ1n) is 7.12. The second-order valence-electron chi connectivity index (χ2n) is 5.53. The van der Waals surface area contributed by atoms with Crippen molar-refractivity contribution in [2.45, 2.75) is 26.3 Å². The van der Waals surface area contributed by atoms with Gasteiger partial charge in [0.05, 0.1) is 6.42 Å². The van der Waals surface area contributed by atoms with Crippen molar-refractivity contribution < 1.29 is 14.0 Å². The minimum Gasteiger partial charge on any atom is -0.324 e. The maximum absolute atomic E-state index is 12.9. The molecule has 1 fully saturated rings. The molecule has 2 aliphatic rings. The average molecular weight is 317 g/mol. The molecule has 1 saturated heterocycles. The van der Waals surface area contributed by atoms with E-state index in [2.05, 4.69) is 21.1 Å². The lowest BCUT2D eigenvalue weighted by Crippen LogP contribution is -2.61. The van der Waals surface area contributed by atoms with Crippen LogP contribution in [-0.2, 0) is 9.59 Å². The van der Waals surface area contributed by atoms with Crippen molar-refractivity contribution in [3.05, 3.63) is 41.5 Å². The number of fused-ring (bicyclic) bond motifs is 1. The quantitative estimate of drug-likeness (QED) is 0.762. The van der Waals surface area contributed by atoms with E-state index in [1.54, 1.807) is 0 Å². The Morgan fingerprint density at radius 3 is 2.70 bits per heavy atom. The highest BCUT2D eigenvalue weighted by atomic mass is 19.1. The van der Waals surface area contributed by atoms with Crippen molar-refractivity contribution in [1.82, 2.24) is 15.8 Å². The van der Waals surface area contributed by atoms with Crippen molar-refractivity contribution in [3.63, 3.8) is 0 Å². The number of carbonyl (C=O) groups excluding carboxylic acids is 2. The molecule has 2 amide bonds. The standard InChI is InChI=1S/C15H16FN5O2/c1-8(2)13-19-15-18-12(22)7-11(21(15)20-13)14(23)17-10-5-3-9(16)4-6-10/h3-6,11,20H,7H2,1-2H3,(H,17,23)(H,18,19,22)/t11-/m1/s1. The number of benzene rings is 1. The van der Waals surface area contributed by atoms with Crippen molar-refractivity contribution >= 4 is 23.5 Å². The number of anilines is 1. The van der Waals surface area contributed by atoms with E-state index in [9.17, 15) is 14.0 Å². The summed E-state index contributed by atoms with van der Waals surface area (Å²) in [7, 11) is 0. The van der Waals surface area contributed by atoms with Crippen LogP contribution in [0.15, 0.2) is 40.7 Å². The molecule has 0 bridgehead atoms. The third-order valence-corrected chi connectivity index (χ3v) is 3.50. The lowest BCUT2D eigenvalue weighted by Gasteiger charge is -2.32. The first-order chi connectivity index (χ1) is 10.9. The number of rotatable bonds is 2. The molecule has 0 aromatic heterocycles. The lowest BCUT2D eigenvalue weighted by atomic mass is 10.1. The minimum atomic E-state index is -0.746. The first-order valence-corrected chi connectivity index (χ1v) is 7.12.